The smallest absolute Gasteiger partial charge is 0.302 e. The van der Waals surface area contributed by atoms with Gasteiger partial charge in [-0.15, -0.1) is 0 Å². The van der Waals surface area contributed by atoms with E-state index in [1.165, 1.54) is 244 Å². The number of esters is 1. The molecule has 0 amide bonds. The van der Waals surface area contributed by atoms with Crippen LogP contribution in [0.4, 0.5) is 0 Å². The van der Waals surface area contributed by atoms with Crippen molar-refractivity contribution in [2.24, 2.45) is 0 Å². The molecule has 0 spiro atoms. The van der Waals surface area contributed by atoms with Crippen molar-refractivity contribution < 1.29 is 58.1 Å². The zero-order valence-corrected chi connectivity index (χ0v) is 57.7. The molecule has 1 aromatic carbocycles. The number of allylic oxidation sites excluding steroid dienone is 14. The number of unbranched alkanes of at least 4 members (excludes halogenated alkanes) is 28. The molecule has 514 valence electrons. The van der Waals surface area contributed by atoms with Gasteiger partial charge in [-0.2, -0.15) is 0 Å². The van der Waals surface area contributed by atoms with Crippen LogP contribution in [-0.2, 0) is 16.1 Å². The first-order valence-corrected chi connectivity index (χ1v) is 32.6. The number of hydrogen-bond acceptors (Lipinski definition) is 5. The average molecular weight is 1220 g/mol. The summed E-state index contributed by atoms with van der Waals surface area (Å²) in [5.74, 6) is -0.242. The van der Waals surface area contributed by atoms with Gasteiger partial charge in [0.25, 0.3) is 0 Å². The summed E-state index contributed by atoms with van der Waals surface area (Å²) < 4.78 is 4.79. The Morgan fingerprint density at radius 2 is 0.588 bits per heavy atom. The average Bonchev–Trinajstić information content (AvgIpc) is 4.07. The maximum Gasteiger partial charge on any atom is 0.302 e. The van der Waals surface area contributed by atoms with Crippen LogP contribution in [0.2, 0.25) is 0 Å². The maximum atomic E-state index is 10.4. The summed E-state index contributed by atoms with van der Waals surface area (Å²) in [6.45, 7) is 15.4. The van der Waals surface area contributed by atoms with Gasteiger partial charge in [0.05, 0.1) is 0 Å². The Labute approximate surface area is 528 Å². The van der Waals surface area contributed by atoms with Crippen molar-refractivity contribution in [3.8, 4) is 0 Å². The second-order valence-electron chi connectivity index (χ2n) is 20.2. The molecule has 0 radical (unpaired) electrons. The number of aliphatic hydroxyl groups excluding tert-OH is 2. The molecule has 0 aromatic heterocycles. The lowest BCUT2D eigenvalue weighted by molar-refractivity contribution is -0.142. The van der Waals surface area contributed by atoms with Crippen LogP contribution in [-0.4, -0.2) is 82.8 Å². The van der Waals surface area contributed by atoms with Crippen LogP contribution >= 0.6 is 0 Å². The Bertz CT molecular complexity index is 1320. The standard InChI is InChI=1S/C19H36.2C18H34.C9H10O2.C5H8.C2H7N.2CH4O.7H2O/c1-3-5-7-9-11-13-15-17-19-18-16-14-12-10-8-6-4-2;2*1-3-5-7-9-11-13-15-17-18-16-14-12-10-8-6-4-2;1-8(10)11-7-9-5-3-2-4-6-9;1-2-4-5-3-1;1-3-2;2*1-2;;;;;;;/h11,13,17,19H,3-10,12,14-16,18H2,1-2H3;2*11,13,17-18H,3-10,12,14-16H2,1-2H3;2-6H,7H2,1H3;1-2H,3-5H2;3H,1-2H3;2*2H,1H3;7*1H2/b13-11-,19-17-;2*13-11-,18-17-;;;;;;;;;;;;. The number of ether oxygens (including phenoxy) is 1. The molecule has 0 aliphatic heterocycles. The van der Waals surface area contributed by atoms with Gasteiger partial charge in [0.15, 0.2) is 0 Å². The van der Waals surface area contributed by atoms with E-state index < -0.39 is 0 Å². The summed E-state index contributed by atoms with van der Waals surface area (Å²) in [5.41, 5.74) is 1.02. The number of carbonyl (C=O) groups excluding carboxylic acids is 1. The van der Waals surface area contributed by atoms with Gasteiger partial charge in [-0.25, -0.2) is 0 Å². The quantitative estimate of drug-likeness (QED) is 0.0326. The third-order valence-corrected chi connectivity index (χ3v) is 12.4. The summed E-state index contributed by atoms with van der Waals surface area (Å²) in [7, 11) is 5.75. The van der Waals surface area contributed by atoms with Crippen molar-refractivity contribution in [1.29, 1.82) is 0 Å². The number of benzene rings is 1. The fraction of sp³-hybridized carbons (Fsp3) is 0.712. The molecule has 1 aliphatic rings. The second kappa shape index (κ2) is 122. The van der Waals surface area contributed by atoms with Gasteiger partial charge >= 0.3 is 5.97 Å². The van der Waals surface area contributed by atoms with E-state index in [0.29, 0.717) is 6.61 Å². The predicted molar refractivity (Wildman–Crippen MR) is 381 cm³/mol. The van der Waals surface area contributed by atoms with E-state index in [4.69, 9.17) is 14.9 Å². The maximum absolute atomic E-state index is 10.4. The first kappa shape index (κ1) is 113. The van der Waals surface area contributed by atoms with Crippen LogP contribution < -0.4 is 5.32 Å². The van der Waals surface area contributed by atoms with Crippen LogP contribution in [0.5, 0.6) is 0 Å². The van der Waals surface area contributed by atoms with E-state index in [1.54, 1.807) is 0 Å². The van der Waals surface area contributed by atoms with Gasteiger partial charge in [0, 0.05) is 21.1 Å². The van der Waals surface area contributed by atoms with Crippen LogP contribution in [0.3, 0.4) is 0 Å². The molecule has 0 saturated heterocycles. The van der Waals surface area contributed by atoms with E-state index in [1.807, 2.05) is 44.4 Å². The van der Waals surface area contributed by atoms with Crippen molar-refractivity contribution in [3.05, 3.63) is 121 Å². The summed E-state index contributed by atoms with van der Waals surface area (Å²) in [5, 5.41) is 16.8. The van der Waals surface area contributed by atoms with Crippen LogP contribution in [0.1, 0.15) is 311 Å². The van der Waals surface area contributed by atoms with E-state index in [0.717, 1.165) is 39.0 Å². The lowest BCUT2D eigenvalue weighted by Gasteiger charge is -1.99. The van der Waals surface area contributed by atoms with Crippen LogP contribution in [0.25, 0.3) is 0 Å². The van der Waals surface area contributed by atoms with E-state index in [9.17, 15) is 4.79 Å². The van der Waals surface area contributed by atoms with E-state index in [-0.39, 0.29) is 44.3 Å². The highest BCUT2D eigenvalue weighted by Gasteiger charge is 1.94. The number of nitrogens with one attached hydrogen (secondary N) is 1. The fourth-order valence-corrected chi connectivity index (χ4v) is 7.71. The third kappa shape index (κ3) is 136. The zero-order valence-electron chi connectivity index (χ0n) is 57.7. The van der Waals surface area contributed by atoms with Gasteiger partial charge < -0.3 is 58.6 Å². The third-order valence-electron chi connectivity index (χ3n) is 12.4. The minimum Gasteiger partial charge on any atom is -0.461 e. The fourth-order valence-electron chi connectivity index (χ4n) is 7.71. The minimum absolute atomic E-state index is 0. The SMILES string of the molecule is C1=CCCC1.CC(=O)OCc1ccccc1.CCCCC/C=C\C/C=C\CCCCCCCC.CCCCC/C=C\C/C=C\CCCCCCCC.CCCCC/C=C\C/C=C\CCCCCCCCC.CNC.CO.CO.O.O.O.O.O.O.O. The molecule has 12 nitrogen and oxygen atoms in total. The summed E-state index contributed by atoms with van der Waals surface area (Å²) in [6, 6.07) is 9.60. The molecule has 0 fully saturated rings. The van der Waals surface area contributed by atoms with Crippen molar-refractivity contribution in [3.63, 3.8) is 0 Å². The molecule has 17 N–H and O–H groups in total. The minimum atomic E-state index is -0.242. The molecular weight excluding hydrogens is 1070 g/mol. The largest absolute Gasteiger partial charge is 0.461 e. The lowest BCUT2D eigenvalue weighted by Crippen LogP contribution is -1.97. The molecule has 12 heteroatoms. The molecule has 0 atom stereocenters. The molecule has 0 bridgehead atoms. The normalized spacial score (nSPS) is 10.5. The summed E-state index contributed by atoms with van der Waals surface area (Å²) in [4.78, 5) is 10.4. The number of aliphatic hydroxyl groups is 2. The van der Waals surface area contributed by atoms with Gasteiger partial charge in [-0.05, 0) is 135 Å². The Kier molecular flexibility index (Phi) is 162. The molecule has 85 heavy (non-hydrogen) atoms. The molecular formula is C73H151NO11. The molecule has 0 unspecified atom stereocenters. The number of hydrogen-bond donors (Lipinski definition) is 3. The number of carbonyl (C=O) groups is 1. The Balaban J connectivity index is -0.0000000681. The highest BCUT2D eigenvalue weighted by molar-refractivity contribution is 5.65. The molecule has 0 heterocycles. The Hall–Kier alpha value is -3.53. The highest BCUT2D eigenvalue weighted by Crippen LogP contribution is 2.11. The molecule has 2 rings (SSSR count). The Morgan fingerprint density at radius 1 is 0.376 bits per heavy atom. The lowest BCUT2D eigenvalue weighted by atomic mass is 10.1. The van der Waals surface area contributed by atoms with Gasteiger partial charge in [-0.3, -0.25) is 4.79 Å². The highest BCUT2D eigenvalue weighted by atomic mass is 16.5. The van der Waals surface area contributed by atoms with Gasteiger partial charge in [0.1, 0.15) is 6.61 Å². The van der Waals surface area contributed by atoms with E-state index >= 15 is 0 Å². The van der Waals surface area contributed by atoms with Crippen molar-refractivity contribution in [2.45, 2.75) is 312 Å². The Morgan fingerprint density at radius 3 is 0.800 bits per heavy atom. The first-order valence-electron chi connectivity index (χ1n) is 32.6. The van der Waals surface area contributed by atoms with Gasteiger partial charge in [-0.1, -0.05) is 298 Å². The number of rotatable bonds is 42. The summed E-state index contributed by atoms with van der Waals surface area (Å²) >= 11 is 0. The monoisotopic (exact) mass is 1220 g/mol. The summed E-state index contributed by atoms with van der Waals surface area (Å²) in [6.07, 6.45) is 86.4. The topological polar surface area (TPSA) is 299 Å². The first-order chi connectivity index (χ1) is 38.4. The second-order valence-corrected chi connectivity index (χ2v) is 20.2. The van der Waals surface area contributed by atoms with Gasteiger partial charge in [0.2, 0.25) is 0 Å². The molecule has 0 saturated carbocycles. The van der Waals surface area contributed by atoms with Crippen LogP contribution in [0, 0.1) is 0 Å². The van der Waals surface area contributed by atoms with Crippen LogP contribution in [0.15, 0.2) is 115 Å². The van der Waals surface area contributed by atoms with Crippen molar-refractivity contribution in [2.75, 3.05) is 28.3 Å². The predicted octanol–water partition coefficient (Wildman–Crippen LogP) is 17.6. The zero-order chi connectivity index (χ0) is 59.0. The van der Waals surface area contributed by atoms with Crippen molar-refractivity contribution in [1.82, 2.24) is 5.32 Å². The molecule has 1 aromatic rings. The molecule has 1 aliphatic carbocycles. The van der Waals surface area contributed by atoms with E-state index in [2.05, 4.69) is 132 Å². The van der Waals surface area contributed by atoms with Crippen molar-refractivity contribution >= 4 is 5.97 Å².